The molecule has 0 amide bonds. The lowest BCUT2D eigenvalue weighted by molar-refractivity contribution is -0.155. The average molecular weight is 430 g/mol. The Morgan fingerprint density at radius 3 is 2.35 bits per heavy atom. The van der Waals surface area contributed by atoms with Crippen LogP contribution in [0.4, 0.5) is 0 Å². The number of hydrogen-bond acceptors (Lipinski definition) is 6. The van der Waals surface area contributed by atoms with E-state index >= 15 is 0 Å². The number of allylic oxidation sites excluding steroid dienone is 7. The van der Waals surface area contributed by atoms with Crippen molar-refractivity contribution in [2.75, 3.05) is 7.11 Å². The number of carboxylic acids is 1. The Kier molecular flexibility index (Phi) is 7.30. The number of hydrogen-bond donors (Lipinski definition) is 1. The van der Waals surface area contributed by atoms with Gasteiger partial charge in [0.25, 0.3) is 0 Å². The second kappa shape index (κ2) is 9.77. The first-order valence-corrected chi connectivity index (χ1v) is 10.4. The van der Waals surface area contributed by atoms with Gasteiger partial charge in [-0.15, -0.1) is 0 Å². The topological polar surface area (TPSA) is 97.9 Å². The van der Waals surface area contributed by atoms with Crippen LogP contribution in [-0.2, 0) is 28.5 Å². The molecule has 1 aliphatic carbocycles. The summed E-state index contributed by atoms with van der Waals surface area (Å²) in [6, 6.07) is 0. The van der Waals surface area contributed by atoms with Crippen LogP contribution in [0.2, 0.25) is 0 Å². The predicted molar refractivity (Wildman–Crippen MR) is 114 cm³/mol. The molecule has 168 valence electrons. The van der Waals surface area contributed by atoms with Gasteiger partial charge in [0.15, 0.2) is 0 Å². The van der Waals surface area contributed by atoms with Crippen LogP contribution < -0.4 is 0 Å². The summed E-state index contributed by atoms with van der Waals surface area (Å²) in [7, 11) is 1.62. The fraction of sp³-hybridized carbons (Fsp3) is 0.500. The summed E-state index contributed by atoms with van der Waals surface area (Å²) >= 11 is 0. The van der Waals surface area contributed by atoms with E-state index in [9.17, 15) is 9.59 Å². The highest BCUT2D eigenvalue weighted by atomic mass is 16.7. The molecule has 7 nitrogen and oxygen atoms in total. The molecule has 2 saturated heterocycles. The highest BCUT2D eigenvalue weighted by Gasteiger charge is 2.86. The summed E-state index contributed by atoms with van der Waals surface area (Å²) in [5.74, 6) is -1.42. The van der Waals surface area contributed by atoms with Crippen LogP contribution in [0.1, 0.15) is 27.2 Å². The summed E-state index contributed by atoms with van der Waals surface area (Å²) in [6.07, 6.45) is 14.5. The van der Waals surface area contributed by atoms with Crippen molar-refractivity contribution in [3.05, 3.63) is 60.3 Å². The van der Waals surface area contributed by atoms with E-state index in [4.69, 9.17) is 24.1 Å². The molecule has 1 N–H and O–H groups in total. The molecule has 1 saturated carbocycles. The SMILES string of the molecule is COC(C(C)OC(=O)/C=C/C=C/C=C/C=C/C(=O)O)C1C2OC2[C@@]12O[C@@H]2CC=C(C)C. The van der Waals surface area contributed by atoms with Gasteiger partial charge in [0.1, 0.15) is 23.9 Å². The van der Waals surface area contributed by atoms with Crippen molar-refractivity contribution < 1.29 is 33.6 Å². The lowest BCUT2D eigenvalue weighted by Gasteiger charge is -2.37. The number of fused-ring (bicyclic) bond motifs is 2. The molecule has 0 bridgehead atoms. The van der Waals surface area contributed by atoms with E-state index < -0.39 is 18.0 Å². The molecule has 7 heteroatoms. The number of carbonyl (C=O) groups is 2. The zero-order chi connectivity index (χ0) is 22.6. The summed E-state index contributed by atoms with van der Waals surface area (Å²) in [4.78, 5) is 22.5. The van der Waals surface area contributed by atoms with E-state index in [0.717, 1.165) is 12.5 Å². The molecule has 3 aliphatic rings. The van der Waals surface area contributed by atoms with E-state index in [1.165, 1.54) is 17.7 Å². The van der Waals surface area contributed by atoms with Crippen molar-refractivity contribution in [1.29, 1.82) is 0 Å². The van der Waals surface area contributed by atoms with Crippen LogP contribution in [0.3, 0.4) is 0 Å². The van der Waals surface area contributed by atoms with Gasteiger partial charge < -0.3 is 24.1 Å². The molecule has 2 aliphatic heterocycles. The average Bonchev–Trinajstić information content (AvgIpc) is 3.59. The number of carboxylic acid groups (broad SMARTS) is 1. The molecule has 0 radical (unpaired) electrons. The molecule has 0 aromatic rings. The van der Waals surface area contributed by atoms with Crippen LogP contribution in [-0.4, -0.2) is 60.3 Å². The van der Waals surface area contributed by atoms with E-state index in [-0.39, 0.29) is 35.9 Å². The maximum atomic E-state index is 12.2. The fourth-order valence-corrected chi connectivity index (χ4v) is 4.31. The van der Waals surface area contributed by atoms with Gasteiger partial charge in [0.2, 0.25) is 0 Å². The van der Waals surface area contributed by atoms with Crippen molar-refractivity contribution in [3.63, 3.8) is 0 Å². The highest BCUT2D eigenvalue weighted by molar-refractivity contribution is 5.82. The molecule has 1 spiro atoms. The Bertz CT molecular complexity index is 833. The zero-order valence-electron chi connectivity index (χ0n) is 18.3. The minimum atomic E-state index is -1.01. The third kappa shape index (κ3) is 5.23. The Morgan fingerprint density at radius 2 is 1.74 bits per heavy atom. The third-order valence-electron chi connectivity index (χ3n) is 5.80. The van der Waals surface area contributed by atoms with Crippen molar-refractivity contribution in [1.82, 2.24) is 0 Å². The lowest BCUT2D eigenvalue weighted by Crippen LogP contribution is -2.57. The Hall–Kier alpha value is -2.48. The lowest BCUT2D eigenvalue weighted by atomic mass is 9.66. The molecular weight excluding hydrogens is 400 g/mol. The summed E-state index contributed by atoms with van der Waals surface area (Å²) < 4.78 is 23.1. The summed E-state index contributed by atoms with van der Waals surface area (Å²) in [6.45, 7) is 5.96. The third-order valence-corrected chi connectivity index (χ3v) is 5.80. The number of rotatable bonds is 11. The Balaban J connectivity index is 1.49. The minimum absolute atomic E-state index is 0.0498. The van der Waals surface area contributed by atoms with Gasteiger partial charge in [0.05, 0.1) is 18.1 Å². The van der Waals surface area contributed by atoms with Gasteiger partial charge in [-0.2, -0.15) is 0 Å². The van der Waals surface area contributed by atoms with Crippen molar-refractivity contribution >= 4 is 11.9 Å². The van der Waals surface area contributed by atoms with E-state index in [0.29, 0.717) is 0 Å². The largest absolute Gasteiger partial charge is 0.478 e. The second-order valence-electron chi connectivity index (χ2n) is 8.19. The zero-order valence-corrected chi connectivity index (χ0v) is 18.3. The minimum Gasteiger partial charge on any atom is -0.478 e. The molecule has 0 aromatic carbocycles. The molecule has 3 rings (SSSR count). The standard InChI is InChI=1S/C24H30O7/c1-15(2)13-14-17-24(31-17)20(22-23(24)30-22)21(28-4)16(3)29-19(27)12-10-8-6-5-7-9-11-18(25)26/h5-13,16-17,20-23H,14H2,1-4H3,(H,25,26)/b7-5+,8-6+,11-9+,12-10+/t16?,17-,20?,21?,22?,23?,24+/m1/s1. The van der Waals surface area contributed by atoms with E-state index in [1.54, 1.807) is 37.5 Å². The van der Waals surface area contributed by atoms with E-state index in [2.05, 4.69) is 19.9 Å². The number of aliphatic carboxylic acids is 1. The van der Waals surface area contributed by atoms with Gasteiger partial charge in [0, 0.05) is 19.3 Å². The van der Waals surface area contributed by atoms with Crippen LogP contribution in [0.5, 0.6) is 0 Å². The van der Waals surface area contributed by atoms with Crippen molar-refractivity contribution in [2.45, 2.75) is 63.3 Å². The molecule has 3 fully saturated rings. The van der Waals surface area contributed by atoms with E-state index in [1.807, 2.05) is 6.92 Å². The van der Waals surface area contributed by atoms with Gasteiger partial charge in [-0.1, -0.05) is 48.1 Å². The molecule has 31 heavy (non-hydrogen) atoms. The highest BCUT2D eigenvalue weighted by Crippen LogP contribution is 2.69. The van der Waals surface area contributed by atoms with Crippen LogP contribution in [0.15, 0.2) is 60.3 Å². The number of ether oxygens (including phenoxy) is 4. The first-order valence-electron chi connectivity index (χ1n) is 10.4. The summed E-state index contributed by atoms with van der Waals surface area (Å²) in [5.41, 5.74) is 0.950. The van der Waals surface area contributed by atoms with Crippen molar-refractivity contribution in [3.8, 4) is 0 Å². The molecular formula is C24H30O7. The van der Waals surface area contributed by atoms with Crippen LogP contribution >= 0.6 is 0 Å². The summed E-state index contributed by atoms with van der Waals surface area (Å²) in [5, 5.41) is 8.48. The number of methoxy groups -OCH3 is 1. The Labute approximate surface area is 182 Å². The molecule has 2 heterocycles. The molecule has 5 unspecified atom stereocenters. The van der Waals surface area contributed by atoms with Crippen molar-refractivity contribution in [2.24, 2.45) is 5.92 Å². The smallest absolute Gasteiger partial charge is 0.331 e. The van der Waals surface area contributed by atoms with Crippen LogP contribution in [0, 0.1) is 5.92 Å². The van der Waals surface area contributed by atoms with Gasteiger partial charge in [-0.3, -0.25) is 0 Å². The number of esters is 1. The quantitative estimate of drug-likeness (QED) is 0.177. The predicted octanol–water partition coefficient (Wildman–Crippen LogP) is 3.13. The normalized spacial score (nSPS) is 32.9. The molecule has 0 aromatic heterocycles. The number of carbonyl (C=O) groups excluding carboxylic acids is 1. The maximum Gasteiger partial charge on any atom is 0.331 e. The van der Waals surface area contributed by atoms with Crippen LogP contribution in [0.25, 0.3) is 0 Å². The first kappa shape index (κ1) is 23.2. The van der Waals surface area contributed by atoms with Gasteiger partial charge >= 0.3 is 11.9 Å². The fourth-order valence-electron chi connectivity index (χ4n) is 4.31. The monoisotopic (exact) mass is 430 g/mol. The number of epoxide rings is 2. The van der Waals surface area contributed by atoms with Gasteiger partial charge in [-0.05, 0) is 27.2 Å². The van der Waals surface area contributed by atoms with Gasteiger partial charge in [-0.25, -0.2) is 9.59 Å². The Morgan fingerprint density at radius 1 is 1.10 bits per heavy atom. The maximum absolute atomic E-state index is 12.2. The second-order valence-corrected chi connectivity index (χ2v) is 8.19. The first-order chi connectivity index (χ1) is 14.8. The molecule has 7 atom stereocenters.